The standard InChI is InChI=1S/C19H13ClN2O3S/c1-25-16-7-6-13(8-15(16)23)22-10-21-14-9-17(26-18(14)19(22)24)11-2-4-12(20)5-3-11/h2-10,23H,1H3. The van der Waals surface area contributed by atoms with Crippen molar-refractivity contribution in [2.24, 2.45) is 0 Å². The molecule has 0 aliphatic heterocycles. The van der Waals surface area contributed by atoms with E-state index in [1.54, 1.807) is 12.1 Å². The quantitative estimate of drug-likeness (QED) is 0.565. The molecule has 0 aliphatic carbocycles. The molecular weight excluding hydrogens is 372 g/mol. The molecular formula is C19H13ClN2O3S. The smallest absolute Gasteiger partial charge is 0.275 e. The van der Waals surface area contributed by atoms with E-state index in [1.165, 1.54) is 35.4 Å². The average molecular weight is 385 g/mol. The van der Waals surface area contributed by atoms with Crippen LogP contribution >= 0.6 is 22.9 Å². The number of aromatic hydroxyl groups is 1. The fraction of sp³-hybridized carbons (Fsp3) is 0.0526. The predicted molar refractivity (Wildman–Crippen MR) is 104 cm³/mol. The molecule has 5 nitrogen and oxygen atoms in total. The van der Waals surface area contributed by atoms with E-state index in [0.29, 0.717) is 26.7 Å². The molecule has 0 amide bonds. The van der Waals surface area contributed by atoms with Gasteiger partial charge in [-0.3, -0.25) is 9.36 Å². The first-order chi connectivity index (χ1) is 12.6. The van der Waals surface area contributed by atoms with Gasteiger partial charge in [-0.1, -0.05) is 23.7 Å². The lowest BCUT2D eigenvalue weighted by Gasteiger charge is -2.08. The Bertz CT molecular complexity index is 1170. The highest BCUT2D eigenvalue weighted by Crippen LogP contribution is 2.32. The van der Waals surface area contributed by atoms with Crippen molar-refractivity contribution in [2.45, 2.75) is 0 Å². The van der Waals surface area contributed by atoms with Gasteiger partial charge in [0, 0.05) is 16.0 Å². The van der Waals surface area contributed by atoms with Crippen LogP contribution < -0.4 is 10.3 Å². The van der Waals surface area contributed by atoms with Gasteiger partial charge in [-0.2, -0.15) is 0 Å². The zero-order valence-corrected chi connectivity index (χ0v) is 15.2. The van der Waals surface area contributed by atoms with Crippen molar-refractivity contribution in [3.05, 3.63) is 70.2 Å². The number of halogens is 1. The summed E-state index contributed by atoms with van der Waals surface area (Å²) in [6.07, 6.45) is 1.46. The Hall–Kier alpha value is -2.83. The lowest BCUT2D eigenvalue weighted by molar-refractivity contribution is 0.373. The maximum absolute atomic E-state index is 12.9. The van der Waals surface area contributed by atoms with Crippen LogP contribution in [-0.4, -0.2) is 21.8 Å². The molecule has 4 aromatic rings. The number of nitrogens with zero attached hydrogens (tertiary/aromatic N) is 2. The molecule has 0 radical (unpaired) electrons. The lowest BCUT2D eigenvalue weighted by atomic mass is 10.2. The van der Waals surface area contributed by atoms with E-state index in [-0.39, 0.29) is 11.3 Å². The summed E-state index contributed by atoms with van der Waals surface area (Å²) in [5, 5.41) is 10.6. The predicted octanol–water partition coefficient (Wildman–Crippen LogP) is 4.48. The second-order valence-corrected chi connectivity index (χ2v) is 7.10. The van der Waals surface area contributed by atoms with Crippen LogP contribution in [0.4, 0.5) is 0 Å². The van der Waals surface area contributed by atoms with E-state index < -0.39 is 0 Å². The molecule has 0 unspecified atom stereocenters. The summed E-state index contributed by atoms with van der Waals surface area (Å²) in [6, 6.07) is 14.1. The number of thiophene rings is 1. The molecule has 0 saturated heterocycles. The number of phenolic OH excluding ortho intramolecular Hbond substituents is 1. The topological polar surface area (TPSA) is 64.4 Å². The number of phenols is 1. The van der Waals surface area contributed by atoms with Crippen LogP contribution in [0.5, 0.6) is 11.5 Å². The van der Waals surface area contributed by atoms with Gasteiger partial charge in [0.25, 0.3) is 5.56 Å². The maximum Gasteiger partial charge on any atom is 0.275 e. The van der Waals surface area contributed by atoms with Gasteiger partial charge >= 0.3 is 0 Å². The number of methoxy groups -OCH3 is 1. The zero-order valence-electron chi connectivity index (χ0n) is 13.6. The van der Waals surface area contributed by atoms with Gasteiger partial charge < -0.3 is 9.84 Å². The first-order valence-electron chi connectivity index (χ1n) is 7.71. The van der Waals surface area contributed by atoms with E-state index >= 15 is 0 Å². The maximum atomic E-state index is 12.9. The zero-order chi connectivity index (χ0) is 18.3. The number of rotatable bonds is 3. The summed E-state index contributed by atoms with van der Waals surface area (Å²) in [6.45, 7) is 0. The van der Waals surface area contributed by atoms with Crippen molar-refractivity contribution in [1.82, 2.24) is 9.55 Å². The molecule has 7 heteroatoms. The third-order valence-corrected chi connectivity index (χ3v) is 5.42. The summed E-state index contributed by atoms with van der Waals surface area (Å²) < 4.78 is 6.99. The highest BCUT2D eigenvalue weighted by atomic mass is 35.5. The highest BCUT2D eigenvalue weighted by Gasteiger charge is 2.12. The summed E-state index contributed by atoms with van der Waals surface area (Å²) in [7, 11) is 1.47. The average Bonchev–Trinajstić information content (AvgIpc) is 3.08. The Labute approximate surface area is 157 Å². The highest BCUT2D eigenvalue weighted by molar-refractivity contribution is 7.22. The van der Waals surface area contributed by atoms with Crippen molar-refractivity contribution in [2.75, 3.05) is 7.11 Å². The Morgan fingerprint density at radius 2 is 1.92 bits per heavy atom. The fourth-order valence-corrected chi connectivity index (χ4v) is 3.85. The Morgan fingerprint density at radius 1 is 1.15 bits per heavy atom. The Balaban J connectivity index is 1.83. The summed E-state index contributed by atoms with van der Waals surface area (Å²) >= 11 is 7.31. The van der Waals surface area contributed by atoms with Gasteiger partial charge in [0.2, 0.25) is 0 Å². The SMILES string of the molecule is COc1ccc(-n2cnc3cc(-c4ccc(Cl)cc4)sc3c2=O)cc1O. The molecule has 0 bridgehead atoms. The van der Waals surface area contributed by atoms with Crippen LogP contribution in [0.3, 0.4) is 0 Å². The Morgan fingerprint density at radius 3 is 2.62 bits per heavy atom. The van der Waals surface area contributed by atoms with Gasteiger partial charge in [0.1, 0.15) is 11.0 Å². The normalized spacial score (nSPS) is 11.0. The van der Waals surface area contributed by atoms with Crippen LogP contribution in [-0.2, 0) is 0 Å². The number of aromatic nitrogens is 2. The summed E-state index contributed by atoms with van der Waals surface area (Å²) in [4.78, 5) is 18.2. The molecule has 130 valence electrons. The number of hydrogen-bond acceptors (Lipinski definition) is 5. The van der Waals surface area contributed by atoms with Crippen LogP contribution in [0.2, 0.25) is 5.02 Å². The van der Waals surface area contributed by atoms with E-state index in [0.717, 1.165) is 10.4 Å². The minimum Gasteiger partial charge on any atom is -0.504 e. The van der Waals surface area contributed by atoms with E-state index in [2.05, 4.69) is 4.98 Å². The van der Waals surface area contributed by atoms with Crippen molar-refractivity contribution < 1.29 is 9.84 Å². The molecule has 0 fully saturated rings. The van der Waals surface area contributed by atoms with Crippen LogP contribution in [0.15, 0.2) is 59.7 Å². The molecule has 1 N–H and O–H groups in total. The van der Waals surface area contributed by atoms with E-state index in [4.69, 9.17) is 16.3 Å². The molecule has 0 saturated carbocycles. The molecule has 2 aromatic heterocycles. The van der Waals surface area contributed by atoms with Crippen LogP contribution in [0.1, 0.15) is 0 Å². The van der Waals surface area contributed by atoms with Gasteiger partial charge in [-0.15, -0.1) is 11.3 Å². The fourth-order valence-electron chi connectivity index (χ4n) is 2.68. The van der Waals surface area contributed by atoms with Crippen LogP contribution in [0.25, 0.3) is 26.3 Å². The van der Waals surface area contributed by atoms with Crippen LogP contribution in [0, 0.1) is 0 Å². The number of hydrogen-bond donors (Lipinski definition) is 1. The van der Waals surface area contributed by atoms with Gasteiger partial charge in [0.15, 0.2) is 11.5 Å². The molecule has 26 heavy (non-hydrogen) atoms. The van der Waals surface area contributed by atoms with E-state index in [9.17, 15) is 9.90 Å². The first kappa shape index (κ1) is 16.6. The summed E-state index contributed by atoms with van der Waals surface area (Å²) in [5.74, 6) is 0.307. The lowest BCUT2D eigenvalue weighted by Crippen LogP contribution is -2.17. The van der Waals surface area contributed by atoms with Gasteiger partial charge in [-0.05, 0) is 35.9 Å². The van der Waals surface area contributed by atoms with Gasteiger partial charge in [-0.25, -0.2) is 4.98 Å². The third kappa shape index (κ3) is 2.83. The third-order valence-electron chi connectivity index (χ3n) is 4.01. The molecule has 2 aromatic carbocycles. The molecule has 4 rings (SSSR count). The molecule has 0 spiro atoms. The largest absolute Gasteiger partial charge is 0.504 e. The van der Waals surface area contributed by atoms with Crippen molar-refractivity contribution in [1.29, 1.82) is 0 Å². The molecule has 2 heterocycles. The minimum absolute atomic E-state index is 0.0370. The van der Waals surface area contributed by atoms with Gasteiger partial charge in [0.05, 0.1) is 18.3 Å². The second kappa shape index (κ2) is 6.48. The second-order valence-electron chi connectivity index (χ2n) is 5.61. The number of ether oxygens (including phenoxy) is 1. The monoisotopic (exact) mass is 384 g/mol. The van der Waals surface area contributed by atoms with Crippen molar-refractivity contribution in [3.8, 4) is 27.6 Å². The number of fused-ring (bicyclic) bond motifs is 1. The minimum atomic E-state index is -0.190. The number of benzene rings is 2. The van der Waals surface area contributed by atoms with E-state index in [1.807, 2.05) is 30.3 Å². The summed E-state index contributed by atoms with van der Waals surface area (Å²) in [5.41, 5.74) is 1.94. The Kier molecular flexibility index (Phi) is 4.14. The molecule has 0 atom stereocenters. The first-order valence-corrected chi connectivity index (χ1v) is 8.91. The van der Waals surface area contributed by atoms with Crippen molar-refractivity contribution in [3.63, 3.8) is 0 Å². The molecule has 0 aliphatic rings. The van der Waals surface area contributed by atoms with Crippen molar-refractivity contribution >= 4 is 33.2 Å².